The fourth-order valence-electron chi connectivity index (χ4n) is 1.19. The highest BCUT2D eigenvalue weighted by atomic mass is 15.0. The predicted molar refractivity (Wildman–Crippen MR) is 57.9 cm³/mol. The standard InChI is InChI=1S/C11H17N3/c1-3-12-8-6-5-7-11-13-9-10-14(11)4-2/h9-10,12H,3-4,7-8H2,1-2H3. The number of aromatic nitrogens is 2. The molecule has 1 heterocycles. The molecule has 1 aromatic rings. The van der Waals surface area contributed by atoms with Crippen LogP contribution >= 0.6 is 0 Å². The van der Waals surface area contributed by atoms with Gasteiger partial charge >= 0.3 is 0 Å². The maximum absolute atomic E-state index is 4.24. The summed E-state index contributed by atoms with van der Waals surface area (Å²) < 4.78 is 2.11. The molecule has 0 amide bonds. The summed E-state index contributed by atoms with van der Waals surface area (Å²) in [5, 5.41) is 3.16. The van der Waals surface area contributed by atoms with Crippen LogP contribution in [-0.2, 0) is 13.0 Å². The minimum Gasteiger partial charge on any atom is -0.334 e. The van der Waals surface area contributed by atoms with Crippen LogP contribution < -0.4 is 5.32 Å². The summed E-state index contributed by atoms with van der Waals surface area (Å²) in [5.74, 6) is 7.22. The lowest BCUT2D eigenvalue weighted by atomic mass is 10.4. The van der Waals surface area contributed by atoms with Gasteiger partial charge in [-0.15, -0.1) is 0 Å². The Morgan fingerprint density at radius 1 is 1.43 bits per heavy atom. The van der Waals surface area contributed by atoms with Crippen LogP contribution in [0.5, 0.6) is 0 Å². The molecular formula is C11H17N3. The Bertz CT molecular complexity index is 317. The Labute approximate surface area is 85.5 Å². The molecule has 0 aliphatic carbocycles. The first-order valence-corrected chi connectivity index (χ1v) is 5.05. The number of hydrogen-bond acceptors (Lipinski definition) is 2. The Hall–Kier alpha value is -1.27. The summed E-state index contributed by atoms with van der Waals surface area (Å²) in [4.78, 5) is 4.24. The normalized spacial score (nSPS) is 9.57. The van der Waals surface area contributed by atoms with E-state index in [-0.39, 0.29) is 0 Å². The number of imidazole rings is 1. The number of rotatable bonds is 4. The zero-order chi connectivity index (χ0) is 10.2. The molecule has 0 aromatic carbocycles. The molecule has 0 bridgehead atoms. The van der Waals surface area contributed by atoms with Crippen LogP contribution in [0.2, 0.25) is 0 Å². The molecule has 0 aliphatic rings. The van der Waals surface area contributed by atoms with Crippen molar-refractivity contribution in [2.75, 3.05) is 13.1 Å². The van der Waals surface area contributed by atoms with Crippen LogP contribution in [0.1, 0.15) is 19.7 Å². The molecule has 3 nitrogen and oxygen atoms in total. The van der Waals surface area contributed by atoms with Gasteiger partial charge in [0.1, 0.15) is 5.82 Å². The van der Waals surface area contributed by atoms with Crippen LogP contribution in [-0.4, -0.2) is 22.6 Å². The van der Waals surface area contributed by atoms with Crippen molar-refractivity contribution in [2.45, 2.75) is 26.8 Å². The van der Waals surface area contributed by atoms with Crippen molar-refractivity contribution in [3.8, 4) is 11.8 Å². The van der Waals surface area contributed by atoms with Crippen molar-refractivity contribution in [2.24, 2.45) is 0 Å². The second-order valence-electron chi connectivity index (χ2n) is 2.94. The number of aryl methyl sites for hydroxylation is 1. The van der Waals surface area contributed by atoms with Gasteiger partial charge in [0.15, 0.2) is 0 Å². The van der Waals surface area contributed by atoms with Gasteiger partial charge in [0.05, 0.1) is 13.0 Å². The molecule has 0 saturated carbocycles. The van der Waals surface area contributed by atoms with Gasteiger partial charge < -0.3 is 9.88 Å². The molecule has 1 rings (SSSR count). The average molecular weight is 191 g/mol. The van der Waals surface area contributed by atoms with E-state index in [1.807, 2.05) is 12.4 Å². The summed E-state index contributed by atoms with van der Waals surface area (Å²) >= 11 is 0. The van der Waals surface area contributed by atoms with E-state index in [2.05, 4.69) is 40.6 Å². The molecule has 0 radical (unpaired) electrons. The molecule has 1 aromatic heterocycles. The third-order valence-electron chi connectivity index (χ3n) is 1.98. The minimum absolute atomic E-state index is 0.742. The van der Waals surface area contributed by atoms with Gasteiger partial charge in [-0.3, -0.25) is 0 Å². The molecule has 14 heavy (non-hydrogen) atoms. The van der Waals surface area contributed by atoms with Crippen LogP contribution in [0, 0.1) is 11.8 Å². The topological polar surface area (TPSA) is 29.9 Å². The summed E-state index contributed by atoms with van der Waals surface area (Å²) in [6, 6.07) is 0. The molecule has 0 atom stereocenters. The highest BCUT2D eigenvalue weighted by Crippen LogP contribution is 1.96. The lowest BCUT2D eigenvalue weighted by molar-refractivity contribution is 0.718. The van der Waals surface area contributed by atoms with Crippen LogP contribution in [0.25, 0.3) is 0 Å². The SMILES string of the molecule is CCNCC#CCc1nccn1CC. The van der Waals surface area contributed by atoms with E-state index >= 15 is 0 Å². The van der Waals surface area contributed by atoms with Gasteiger partial charge in [-0.25, -0.2) is 4.98 Å². The maximum Gasteiger partial charge on any atom is 0.120 e. The Morgan fingerprint density at radius 3 is 3.00 bits per heavy atom. The quantitative estimate of drug-likeness (QED) is 0.569. The van der Waals surface area contributed by atoms with E-state index in [1.54, 1.807) is 0 Å². The van der Waals surface area contributed by atoms with Gasteiger partial charge in [0, 0.05) is 18.9 Å². The molecule has 3 heteroatoms. The Kier molecular flexibility index (Phi) is 4.81. The minimum atomic E-state index is 0.742. The maximum atomic E-state index is 4.24. The van der Waals surface area contributed by atoms with E-state index in [9.17, 15) is 0 Å². The molecule has 0 saturated heterocycles. The molecule has 0 fully saturated rings. The fourth-order valence-corrected chi connectivity index (χ4v) is 1.19. The monoisotopic (exact) mass is 191 g/mol. The van der Waals surface area contributed by atoms with E-state index in [0.29, 0.717) is 0 Å². The van der Waals surface area contributed by atoms with Crippen LogP contribution in [0.3, 0.4) is 0 Å². The summed E-state index contributed by atoms with van der Waals surface area (Å²) in [6.07, 6.45) is 4.55. The first kappa shape index (κ1) is 10.8. The second-order valence-corrected chi connectivity index (χ2v) is 2.94. The third kappa shape index (κ3) is 3.23. The fraction of sp³-hybridized carbons (Fsp3) is 0.545. The molecule has 0 unspecified atom stereocenters. The average Bonchev–Trinajstić information content (AvgIpc) is 2.65. The number of hydrogen-bond donors (Lipinski definition) is 1. The van der Waals surface area contributed by atoms with Gasteiger partial charge in [0.25, 0.3) is 0 Å². The predicted octanol–water partition coefficient (Wildman–Crippen LogP) is 1.06. The lowest BCUT2D eigenvalue weighted by Crippen LogP contribution is -2.12. The highest BCUT2D eigenvalue weighted by molar-refractivity contribution is 5.09. The highest BCUT2D eigenvalue weighted by Gasteiger charge is 1.96. The van der Waals surface area contributed by atoms with Gasteiger partial charge in [-0.1, -0.05) is 18.8 Å². The van der Waals surface area contributed by atoms with Crippen molar-refractivity contribution < 1.29 is 0 Å². The van der Waals surface area contributed by atoms with E-state index in [1.165, 1.54) is 0 Å². The van der Waals surface area contributed by atoms with Crippen molar-refractivity contribution in [1.82, 2.24) is 14.9 Å². The number of nitrogens with one attached hydrogen (secondary N) is 1. The zero-order valence-electron chi connectivity index (χ0n) is 8.88. The molecule has 0 spiro atoms. The van der Waals surface area contributed by atoms with Crippen molar-refractivity contribution in [1.29, 1.82) is 0 Å². The zero-order valence-corrected chi connectivity index (χ0v) is 8.88. The lowest BCUT2D eigenvalue weighted by Gasteiger charge is -1.99. The molecule has 76 valence electrons. The van der Waals surface area contributed by atoms with E-state index < -0.39 is 0 Å². The second kappa shape index (κ2) is 6.22. The van der Waals surface area contributed by atoms with Gasteiger partial charge in [0.2, 0.25) is 0 Å². The summed E-state index contributed by atoms with van der Waals surface area (Å²) in [5.41, 5.74) is 0. The molecular weight excluding hydrogens is 174 g/mol. The van der Waals surface area contributed by atoms with Crippen LogP contribution in [0.4, 0.5) is 0 Å². The van der Waals surface area contributed by atoms with Crippen molar-refractivity contribution in [3.63, 3.8) is 0 Å². The van der Waals surface area contributed by atoms with E-state index in [0.717, 1.165) is 31.9 Å². The summed E-state index contributed by atoms with van der Waals surface area (Å²) in [6.45, 7) is 6.88. The Morgan fingerprint density at radius 2 is 2.29 bits per heavy atom. The number of nitrogens with zero attached hydrogens (tertiary/aromatic N) is 2. The van der Waals surface area contributed by atoms with E-state index in [4.69, 9.17) is 0 Å². The molecule has 0 aliphatic heterocycles. The first-order chi connectivity index (χ1) is 6.88. The Balaban J connectivity index is 2.39. The van der Waals surface area contributed by atoms with Crippen molar-refractivity contribution >= 4 is 0 Å². The van der Waals surface area contributed by atoms with Crippen molar-refractivity contribution in [3.05, 3.63) is 18.2 Å². The first-order valence-electron chi connectivity index (χ1n) is 5.05. The largest absolute Gasteiger partial charge is 0.334 e. The molecule has 1 N–H and O–H groups in total. The van der Waals surface area contributed by atoms with Crippen LogP contribution in [0.15, 0.2) is 12.4 Å². The third-order valence-corrected chi connectivity index (χ3v) is 1.98. The van der Waals surface area contributed by atoms with Gasteiger partial charge in [-0.05, 0) is 13.5 Å². The van der Waals surface area contributed by atoms with Gasteiger partial charge in [-0.2, -0.15) is 0 Å². The smallest absolute Gasteiger partial charge is 0.120 e. The summed E-state index contributed by atoms with van der Waals surface area (Å²) in [7, 11) is 0.